The Bertz CT molecular complexity index is 1470. The van der Waals surface area contributed by atoms with Crippen molar-refractivity contribution >= 4 is 34.3 Å². The van der Waals surface area contributed by atoms with Crippen LogP contribution in [0.1, 0.15) is 50.7 Å². The lowest BCUT2D eigenvalue weighted by Gasteiger charge is -2.30. The summed E-state index contributed by atoms with van der Waals surface area (Å²) in [4.78, 5) is 26.7. The molecule has 1 fully saturated rings. The summed E-state index contributed by atoms with van der Waals surface area (Å²) >= 11 is 1.37. The van der Waals surface area contributed by atoms with Gasteiger partial charge in [-0.3, -0.25) is 14.0 Å². The number of nitrogens with zero attached hydrogens (tertiary/aromatic N) is 4. The third-order valence-electron chi connectivity index (χ3n) is 7.30. The van der Waals surface area contributed by atoms with Gasteiger partial charge in [-0.2, -0.15) is 0 Å². The summed E-state index contributed by atoms with van der Waals surface area (Å²) in [5.41, 5.74) is 3.49. The summed E-state index contributed by atoms with van der Waals surface area (Å²) in [5.74, 6) is 0.950. The van der Waals surface area contributed by atoms with Gasteiger partial charge < -0.3 is 5.32 Å². The molecule has 2 aromatic carbocycles. The van der Waals surface area contributed by atoms with Crippen molar-refractivity contribution in [3.8, 4) is 5.69 Å². The van der Waals surface area contributed by atoms with Crippen LogP contribution in [0, 0.1) is 19.8 Å². The van der Waals surface area contributed by atoms with Crippen LogP contribution in [0.25, 0.3) is 22.4 Å². The summed E-state index contributed by atoms with van der Waals surface area (Å²) < 4.78 is 3.53. The number of rotatable bonds is 5. The second-order valence-corrected chi connectivity index (χ2v) is 10.9. The van der Waals surface area contributed by atoms with Crippen LogP contribution in [0.4, 0.5) is 0 Å². The summed E-state index contributed by atoms with van der Waals surface area (Å²) in [7, 11) is 0. The molecule has 8 heteroatoms. The topological polar surface area (TPSA) is 81.3 Å². The molecule has 1 N–H and O–H groups in total. The van der Waals surface area contributed by atoms with Gasteiger partial charge in [0, 0.05) is 6.04 Å². The molecule has 7 nitrogen and oxygen atoms in total. The van der Waals surface area contributed by atoms with Gasteiger partial charge in [-0.05, 0) is 68.9 Å². The number of thioether (sulfide) groups is 1. The van der Waals surface area contributed by atoms with E-state index in [1.54, 1.807) is 4.57 Å². The first-order chi connectivity index (χ1) is 16.9. The number of hydrogen-bond acceptors (Lipinski definition) is 5. The van der Waals surface area contributed by atoms with Crippen LogP contribution >= 0.6 is 11.8 Å². The van der Waals surface area contributed by atoms with E-state index in [4.69, 9.17) is 0 Å². The van der Waals surface area contributed by atoms with Crippen molar-refractivity contribution in [2.24, 2.45) is 5.92 Å². The number of aromatic nitrogens is 4. The van der Waals surface area contributed by atoms with Gasteiger partial charge in [-0.1, -0.05) is 55.8 Å². The van der Waals surface area contributed by atoms with E-state index in [9.17, 15) is 9.59 Å². The fourth-order valence-corrected chi connectivity index (χ4v) is 5.86. The first-order valence-corrected chi connectivity index (χ1v) is 13.2. The molecular weight excluding hydrogens is 458 g/mol. The third kappa shape index (κ3) is 4.24. The lowest BCUT2D eigenvalue weighted by atomic mass is 9.86. The summed E-state index contributed by atoms with van der Waals surface area (Å²) in [6.07, 6.45) is 4.58. The molecule has 2 heterocycles. The largest absolute Gasteiger partial charge is 0.352 e. The van der Waals surface area contributed by atoms with Crippen molar-refractivity contribution in [2.45, 2.75) is 69.8 Å². The molecule has 182 valence electrons. The Labute approximate surface area is 208 Å². The van der Waals surface area contributed by atoms with Gasteiger partial charge in [0.15, 0.2) is 5.16 Å². The lowest BCUT2D eigenvalue weighted by Crippen LogP contribution is -2.44. The van der Waals surface area contributed by atoms with Gasteiger partial charge in [0.2, 0.25) is 11.7 Å². The number of fused-ring (bicyclic) bond motifs is 3. The summed E-state index contributed by atoms with van der Waals surface area (Å²) in [5, 5.41) is 13.0. The molecule has 3 unspecified atom stereocenters. The SMILES string of the molecule is Cc1cccc(-n2c(=O)c3ccccc3n3c(SC(C)C(=O)NC4CCCCC4C)nnc23)c1C. The van der Waals surface area contributed by atoms with Crippen molar-refractivity contribution in [1.82, 2.24) is 24.5 Å². The lowest BCUT2D eigenvalue weighted by molar-refractivity contribution is -0.121. The Morgan fingerprint density at radius 2 is 1.86 bits per heavy atom. The molecule has 1 amide bonds. The van der Waals surface area contributed by atoms with Gasteiger partial charge in [0.25, 0.3) is 5.56 Å². The van der Waals surface area contributed by atoms with E-state index < -0.39 is 0 Å². The first-order valence-electron chi connectivity index (χ1n) is 12.3. The van der Waals surface area contributed by atoms with Crippen LogP contribution in [0.5, 0.6) is 0 Å². The molecular formula is C27H31N5O2S. The Kier molecular flexibility index (Phi) is 6.40. The van der Waals surface area contributed by atoms with Crippen LogP contribution in [0.3, 0.4) is 0 Å². The maximum absolute atomic E-state index is 13.6. The Morgan fingerprint density at radius 1 is 1.09 bits per heavy atom. The van der Waals surface area contributed by atoms with E-state index in [0.717, 1.165) is 41.6 Å². The molecule has 1 aliphatic carbocycles. The first kappa shape index (κ1) is 23.6. The van der Waals surface area contributed by atoms with Crippen LogP contribution in [-0.4, -0.2) is 36.4 Å². The average Bonchev–Trinajstić information content (AvgIpc) is 3.26. The molecule has 3 atom stereocenters. The van der Waals surface area contributed by atoms with E-state index in [1.807, 2.05) is 67.6 Å². The fraction of sp³-hybridized carbons (Fsp3) is 0.407. The normalized spacial score (nSPS) is 19.2. The highest BCUT2D eigenvalue weighted by Crippen LogP contribution is 2.28. The van der Waals surface area contributed by atoms with Gasteiger partial charge in [-0.25, -0.2) is 4.57 Å². The van der Waals surface area contributed by atoms with E-state index in [1.165, 1.54) is 18.2 Å². The van der Waals surface area contributed by atoms with Crippen molar-refractivity contribution in [2.75, 3.05) is 0 Å². The highest BCUT2D eigenvalue weighted by molar-refractivity contribution is 8.00. The molecule has 0 bridgehead atoms. The highest BCUT2D eigenvalue weighted by Gasteiger charge is 2.27. The Balaban J connectivity index is 1.58. The molecule has 35 heavy (non-hydrogen) atoms. The zero-order valence-electron chi connectivity index (χ0n) is 20.6. The van der Waals surface area contributed by atoms with Crippen molar-refractivity contribution < 1.29 is 4.79 Å². The number of carbonyl (C=O) groups excluding carboxylic acids is 1. The minimum atomic E-state index is -0.351. The molecule has 4 aromatic rings. The average molecular weight is 490 g/mol. The number of carbonyl (C=O) groups is 1. The summed E-state index contributed by atoms with van der Waals surface area (Å²) in [6.45, 7) is 8.15. The van der Waals surface area contributed by atoms with E-state index in [-0.39, 0.29) is 22.8 Å². The van der Waals surface area contributed by atoms with Gasteiger partial charge >= 0.3 is 0 Å². The van der Waals surface area contributed by atoms with Crippen LogP contribution in [-0.2, 0) is 4.79 Å². The molecule has 5 rings (SSSR count). The van der Waals surface area contributed by atoms with Gasteiger partial charge in [0.05, 0.1) is 21.8 Å². The second kappa shape index (κ2) is 9.49. The minimum absolute atomic E-state index is 0.0117. The van der Waals surface area contributed by atoms with Crippen LogP contribution < -0.4 is 10.9 Å². The van der Waals surface area contributed by atoms with Gasteiger partial charge in [0.1, 0.15) is 0 Å². The second-order valence-electron chi connectivity index (χ2n) is 9.63. The van der Waals surface area contributed by atoms with Crippen LogP contribution in [0.15, 0.2) is 52.4 Å². The molecule has 0 saturated heterocycles. The number of nitrogens with one attached hydrogen (secondary N) is 1. The number of hydrogen-bond donors (Lipinski definition) is 1. The number of benzene rings is 2. The maximum atomic E-state index is 13.6. The predicted octanol–water partition coefficient (Wildman–Crippen LogP) is 4.83. The molecule has 2 aromatic heterocycles. The highest BCUT2D eigenvalue weighted by atomic mass is 32.2. The van der Waals surface area contributed by atoms with Gasteiger partial charge in [-0.15, -0.1) is 10.2 Å². The fourth-order valence-electron chi connectivity index (χ4n) is 4.99. The Hall–Kier alpha value is -3.13. The minimum Gasteiger partial charge on any atom is -0.352 e. The summed E-state index contributed by atoms with van der Waals surface area (Å²) in [6, 6.07) is 13.6. The zero-order chi connectivity index (χ0) is 24.7. The molecule has 1 saturated carbocycles. The maximum Gasteiger partial charge on any atom is 0.267 e. The van der Waals surface area contributed by atoms with Crippen molar-refractivity contribution in [1.29, 1.82) is 0 Å². The van der Waals surface area contributed by atoms with Crippen LogP contribution in [0.2, 0.25) is 0 Å². The standard InChI is InChI=1S/C27H31N5O2S/c1-16-11-9-15-22(18(16)3)31-25(34)20-12-6-8-14-23(20)32-26(31)29-30-27(32)35-19(4)24(33)28-21-13-7-5-10-17(21)2/h6,8-9,11-12,14-15,17,19,21H,5,7,10,13H2,1-4H3,(H,28,33). The third-order valence-corrected chi connectivity index (χ3v) is 8.34. The smallest absolute Gasteiger partial charge is 0.267 e. The van der Waals surface area contributed by atoms with E-state index in [0.29, 0.717) is 22.2 Å². The number of amides is 1. The molecule has 0 spiro atoms. The van der Waals surface area contributed by atoms with Crippen molar-refractivity contribution in [3.63, 3.8) is 0 Å². The van der Waals surface area contributed by atoms with E-state index >= 15 is 0 Å². The molecule has 0 aliphatic heterocycles. The molecule has 1 aliphatic rings. The predicted molar refractivity (Wildman–Crippen MR) is 140 cm³/mol. The quantitative estimate of drug-likeness (QED) is 0.406. The van der Waals surface area contributed by atoms with Crippen molar-refractivity contribution in [3.05, 3.63) is 63.9 Å². The molecule has 0 radical (unpaired) electrons. The number of aryl methyl sites for hydroxylation is 1. The monoisotopic (exact) mass is 489 g/mol. The Morgan fingerprint density at radius 3 is 2.66 bits per heavy atom. The zero-order valence-corrected chi connectivity index (χ0v) is 21.4. The number of para-hydroxylation sites is 1. The van der Waals surface area contributed by atoms with E-state index in [2.05, 4.69) is 22.4 Å².